The molecule has 0 heterocycles. The van der Waals surface area contributed by atoms with Gasteiger partial charge in [-0.3, -0.25) is 0 Å². The van der Waals surface area contributed by atoms with E-state index in [9.17, 15) is 13.2 Å². The Kier molecular flexibility index (Phi) is 4.22. The third kappa shape index (κ3) is 3.65. The number of benzene rings is 1. The lowest BCUT2D eigenvalue weighted by Crippen LogP contribution is -2.23. The number of fused-ring (bicyclic) bond motifs is 1. The molecule has 1 aliphatic carbocycles. The molecule has 1 aliphatic rings. The smallest absolute Gasteiger partial charge is 0.309 e. The number of aryl methyl sites for hydroxylation is 2. The second kappa shape index (κ2) is 5.53. The molecule has 0 fully saturated rings. The van der Waals surface area contributed by atoms with E-state index in [1.54, 1.807) is 0 Å². The van der Waals surface area contributed by atoms with E-state index in [0.717, 1.165) is 12.8 Å². The number of halogens is 3. The summed E-state index contributed by atoms with van der Waals surface area (Å²) < 4.78 is 35.9. The molecule has 1 nitrogen and oxygen atoms in total. The van der Waals surface area contributed by atoms with Gasteiger partial charge in [0.05, 0.1) is 0 Å². The van der Waals surface area contributed by atoms with Crippen LogP contribution in [0.3, 0.4) is 0 Å². The SMILES string of the molecule is Cc1ccc2c(c1)C(NCCSC(F)(F)F)CC2. The van der Waals surface area contributed by atoms with Crippen molar-refractivity contribution < 1.29 is 13.2 Å². The summed E-state index contributed by atoms with van der Waals surface area (Å²) in [7, 11) is 0. The molecular formula is C13H16F3NS. The molecule has 0 saturated carbocycles. The number of alkyl halides is 3. The summed E-state index contributed by atoms with van der Waals surface area (Å²) in [5.41, 5.74) is -0.341. The highest BCUT2D eigenvalue weighted by atomic mass is 32.2. The molecule has 1 aromatic rings. The third-order valence-corrected chi connectivity index (χ3v) is 3.87. The number of hydrogen-bond acceptors (Lipinski definition) is 2. The molecule has 0 radical (unpaired) electrons. The second-order valence-electron chi connectivity index (χ2n) is 4.54. The molecule has 2 rings (SSSR count). The minimum atomic E-state index is -4.12. The fourth-order valence-corrected chi connectivity index (χ4v) is 2.79. The zero-order chi connectivity index (χ0) is 13.2. The maximum Gasteiger partial charge on any atom is 0.441 e. The fourth-order valence-electron chi connectivity index (χ4n) is 2.33. The number of nitrogens with one attached hydrogen (secondary N) is 1. The highest BCUT2D eigenvalue weighted by Crippen LogP contribution is 2.32. The van der Waals surface area contributed by atoms with Gasteiger partial charge in [-0.1, -0.05) is 23.8 Å². The predicted octanol–water partition coefficient (Wildman–Crippen LogP) is 3.82. The van der Waals surface area contributed by atoms with Gasteiger partial charge in [0.2, 0.25) is 0 Å². The Morgan fingerprint density at radius 1 is 1.39 bits per heavy atom. The Morgan fingerprint density at radius 3 is 2.89 bits per heavy atom. The first-order chi connectivity index (χ1) is 8.46. The Hall–Kier alpha value is -0.680. The normalized spacial score (nSPS) is 19.0. The van der Waals surface area contributed by atoms with E-state index in [-0.39, 0.29) is 23.6 Å². The Bertz CT molecular complexity index is 417. The van der Waals surface area contributed by atoms with Gasteiger partial charge in [0, 0.05) is 18.3 Å². The van der Waals surface area contributed by atoms with Gasteiger partial charge in [0.1, 0.15) is 0 Å². The van der Waals surface area contributed by atoms with Gasteiger partial charge in [-0.05, 0) is 42.7 Å². The average Bonchev–Trinajstić information content (AvgIpc) is 2.66. The summed E-state index contributed by atoms with van der Waals surface area (Å²) in [5.74, 6) is 0.0706. The van der Waals surface area contributed by atoms with Crippen molar-refractivity contribution in [3.8, 4) is 0 Å². The van der Waals surface area contributed by atoms with Crippen LogP contribution in [0.25, 0.3) is 0 Å². The van der Waals surface area contributed by atoms with Crippen LogP contribution >= 0.6 is 11.8 Å². The largest absolute Gasteiger partial charge is 0.441 e. The quantitative estimate of drug-likeness (QED) is 0.838. The highest BCUT2D eigenvalue weighted by molar-refractivity contribution is 8.00. The third-order valence-electron chi connectivity index (χ3n) is 3.14. The van der Waals surface area contributed by atoms with Crippen LogP contribution in [-0.4, -0.2) is 17.8 Å². The number of thioether (sulfide) groups is 1. The Morgan fingerprint density at radius 2 is 2.17 bits per heavy atom. The first kappa shape index (κ1) is 13.7. The van der Waals surface area contributed by atoms with Gasteiger partial charge >= 0.3 is 5.51 Å². The van der Waals surface area contributed by atoms with Crippen molar-refractivity contribution in [2.45, 2.75) is 31.3 Å². The molecule has 0 saturated heterocycles. The average molecular weight is 275 g/mol. The minimum absolute atomic E-state index is 0.0389. The lowest BCUT2D eigenvalue weighted by atomic mass is 10.1. The fraction of sp³-hybridized carbons (Fsp3) is 0.538. The monoisotopic (exact) mass is 275 g/mol. The number of hydrogen-bond donors (Lipinski definition) is 1. The summed E-state index contributed by atoms with van der Waals surface area (Å²) in [6.07, 6.45) is 2.00. The maximum absolute atomic E-state index is 12.0. The summed E-state index contributed by atoms with van der Waals surface area (Å²) in [6.45, 7) is 2.43. The van der Waals surface area contributed by atoms with E-state index in [2.05, 4.69) is 23.5 Å². The van der Waals surface area contributed by atoms with Gasteiger partial charge in [-0.25, -0.2) is 0 Å². The molecule has 1 N–H and O–H groups in total. The van der Waals surface area contributed by atoms with Crippen LogP contribution in [0.5, 0.6) is 0 Å². The molecular weight excluding hydrogens is 259 g/mol. The molecule has 5 heteroatoms. The Balaban J connectivity index is 1.85. The molecule has 18 heavy (non-hydrogen) atoms. The van der Waals surface area contributed by atoms with Crippen molar-refractivity contribution in [1.82, 2.24) is 5.32 Å². The van der Waals surface area contributed by atoms with E-state index in [1.807, 2.05) is 6.92 Å². The lowest BCUT2D eigenvalue weighted by molar-refractivity contribution is -0.0327. The summed E-state index contributed by atoms with van der Waals surface area (Å²) in [4.78, 5) is 0. The van der Waals surface area contributed by atoms with Crippen LogP contribution < -0.4 is 5.32 Å². The van der Waals surface area contributed by atoms with Crippen molar-refractivity contribution >= 4 is 11.8 Å². The molecule has 0 spiro atoms. The Labute approximate surface area is 109 Å². The first-order valence-corrected chi connectivity index (χ1v) is 6.98. The molecule has 0 bridgehead atoms. The van der Waals surface area contributed by atoms with Crippen molar-refractivity contribution in [3.63, 3.8) is 0 Å². The van der Waals surface area contributed by atoms with Crippen molar-refractivity contribution in [3.05, 3.63) is 34.9 Å². The van der Waals surface area contributed by atoms with E-state index < -0.39 is 5.51 Å². The van der Waals surface area contributed by atoms with Gasteiger partial charge < -0.3 is 5.32 Å². The molecule has 100 valence electrons. The van der Waals surface area contributed by atoms with Crippen molar-refractivity contribution in [2.24, 2.45) is 0 Å². The molecule has 0 amide bonds. The molecule has 1 unspecified atom stereocenters. The highest BCUT2D eigenvalue weighted by Gasteiger charge is 2.28. The standard InChI is InChI=1S/C13H16F3NS/c1-9-2-3-10-4-5-12(11(10)8-9)17-6-7-18-13(14,15)16/h2-3,8,12,17H,4-7H2,1H3. The van der Waals surface area contributed by atoms with Crippen molar-refractivity contribution in [1.29, 1.82) is 0 Å². The van der Waals surface area contributed by atoms with Crippen LogP contribution in [0.2, 0.25) is 0 Å². The molecule has 1 atom stereocenters. The first-order valence-electron chi connectivity index (χ1n) is 5.99. The zero-order valence-electron chi connectivity index (χ0n) is 10.2. The molecule has 1 aromatic carbocycles. The van der Waals surface area contributed by atoms with Crippen LogP contribution in [0.4, 0.5) is 13.2 Å². The maximum atomic E-state index is 12.0. The topological polar surface area (TPSA) is 12.0 Å². The van der Waals surface area contributed by atoms with Gasteiger partial charge in [-0.2, -0.15) is 13.2 Å². The number of rotatable bonds is 4. The van der Waals surface area contributed by atoms with E-state index in [1.165, 1.54) is 16.7 Å². The van der Waals surface area contributed by atoms with E-state index >= 15 is 0 Å². The predicted molar refractivity (Wildman–Crippen MR) is 68.8 cm³/mol. The van der Waals surface area contributed by atoms with Crippen LogP contribution in [0.15, 0.2) is 18.2 Å². The van der Waals surface area contributed by atoms with Gasteiger partial charge in [0.15, 0.2) is 0 Å². The lowest BCUT2D eigenvalue weighted by Gasteiger charge is -2.14. The van der Waals surface area contributed by atoms with Gasteiger partial charge in [0.25, 0.3) is 0 Å². The van der Waals surface area contributed by atoms with Crippen LogP contribution in [0.1, 0.15) is 29.2 Å². The second-order valence-corrected chi connectivity index (χ2v) is 5.70. The van der Waals surface area contributed by atoms with E-state index in [0.29, 0.717) is 6.54 Å². The minimum Gasteiger partial charge on any atom is -0.309 e. The van der Waals surface area contributed by atoms with Crippen molar-refractivity contribution in [2.75, 3.05) is 12.3 Å². The molecule has 0 aliphatic heterocycles. The summed E-state index contributed by atoms with van der Waals surface area (Å²) >= 11 is 0.0389. The summed E-state index contributed by atoms with van der Waals surface area (Å²) in [5, 5.41) is 3.22. The summed E-state index contributed by atoms with van der Waals surface area (Å²) in [6, 6.07) is 6.56. The van der Waals surface area contributed by atoms with Gasteiger partial charge in [-0.15, -0.1) is 0 Å². The van der Waals surface area contributed by atoms with Crippen LogP contribution in [-0.2, 0) is 6.42 Å². The van der Waals surface area contributed by atoms with Crippen LogP contribution in [0, 0.1) is 6.92 Å². The van der Waals surface area contributed by atoms with E-state index in [4.69, 9.17) is 0 Å². The zero-order valence-corrected chi connectivity index (χ0v) is 11.0. The molecule has 0 aromatic heterocycles.